The molecule has 0 saturated carbocycles. The molecule has 0 aromatic rings. The van der Waals surface area contributed by atoms with Crippen LogP contribution in [0.15, 0.2) is 0 Å². The first kappa shape index (κ1) is 9.76. The van der Waals surface area contributed by atoms with Gasteiger partial charge in [-0.3, -0.25) is 0 Å². The van der Waals surface area contributed by atoms with Crippen LogP contribution in [-0.2, 0) is 9.47 Å². The number of ether oxygens (including phenoxy) is 2. The highest BCUT2D eigenvalue weighted by molar-refractivity contribution is 5.60. The summed E-state index contributed by atoms with van der Waals surface area (Å²) in [6.07, 6.45) is -0.751. The highest BCUT2D eigenvalue weighted by Gasteiger charge is 2.26. The third-order valence-corrected chi connectivity index (χ3v) is 0.986. The van der Waals surface area contributed by atoms with Crippen molar-refractivity contribution >= 4 is 6.16 Å². The quantitative estimate of drug-likeness (QED) is 0.450. The van der Waals surface area contributed by atoms with Crippen LogP contribution in [0.25, 0.3) is 4.85 Å². The molecule has 0 fully saturated rings. The Balaban J connectivity index is 3.92. The fourth-order valence-electron chi connectivity index (χ4n) is 0.490. The number of hydrogen-bond donors (Lipinski definition) is 0. The average Bonchev–Trinajstić information content (AvgIpc) is 1.86. The van der Waals surface area contributed by atoms with E-state index < -0.39 is 11.8 Å². The van der Waals surface area contributed by atoms with Crippen LogP contribution in [-0.4, -0.2) is 25.4 Å². The van der Waals surface area contributed by atoms with Crippen molar-refractivity contribution < 1.29 is 14.3 Å². The van der Waals surface area contributed by atoms with E-state index in [-0.39, 0.29) is 6.54 Å². The summed E-state index contributed by atoms with van der Waals surface area (Å²) in [5.41, 5.74) is -0.755. The minimum atomic E-state index is -0.755. The molecular weight excluding hydrogens is 146 g/mol. The summed E-state index contributed by atoms with van der Waals surface area (Å²) in [5, 5.41) is 0. The smallest absolute Gasteiger partial charge is 0.438 e. The molecule has 0 atom stereocenters. The zero-order valence-corrected chi connectivity index (χ0v) is 6.88. The van der Waals surface area contributed by atoms with Crippen molar-refractivity contribution in [2.24, 2.45) is 0 Å². The zero-order chi connectivity index (χ0) is 8.91. The molecule has 0 N–H and O–H groups in total. The topological polar surface area (TPSA) is 39.9 Å². The Morgan fingerprint density at radius 1 is 1.64 bits per heavy atom. The van der Waals surface area contributed by atoms with Gasteiger partial charge in [-0.25, -0.2) is 11.4 Å². The fraction of sp³-hybridized carbons (Fsp3) is 0.714. The Kier molecular flexibility index (Phi) is 3.38. The van der Waals surface area contributed by atoms with Crippen LogP contribution in [0.1, 0.15) is 13.8 Å². The lowest BCUT2D eigenvalue weighted by molar-refractivity contribution is 0.00193. The first-order chi connectivity index (χ1) is 5.02. The summed E-state index contributed by atoms with van der Waals surface area (Å²) in [5.74, 6) is 0. The Bertz CT molecular complexity index is 181. The highest BCUT2D eigenvalue weighted by Crippen LogP contribution is 2.10. The van der Waals surface area contributed by atoms with Crippen LogP contribution in [0.2, 0.25) is 0 Å². The van der Waals surface area contributed by atoms with Gasteiger partial charge in [0.2, 0.25) is 0 Å². The predicted molar refractivity (Wildman–Crippen MR) is 39.0 cm³/mol. The van der Waals surface area contributed by atoms with Gasteiger partial charge in [-0.1, -0.05) is 0 Å². The van der Waals surface area contributed by atoms with Gasteiger partial charge in [0.25, 0.3) is 6.54 Å². The van der Waals surface area contributed by atoms with E-state index in [1.54, 1.807) is 13.8 Å². The largest absolute Gasteiger partial charge is 0.508 e. The van der Waals surface area contributed by atoms with Crippen LogP contribution in [0, 0.1) is 6.57 Å². The molecule has 0 heterocycles. The van der Waals surface area contributed by atoms with E-state index >= 15 is 0 Å². The van der Waals surface area contributed by atoms with Gasteiger partial charge in [0.1, 0.15) is 0 Å². The van der Waals surface area contributed by atoms with E-state index in [9.17, 15) is 4.79 Å². The van der Waals surface area contributed by atoms with Gasteiger partial charge in [0.15, 0.2) is 5.60 Å². The molecule has 0 radical (unpaired) electrons. The van der Waals surface area contributed by atoms with Crippen molar-refractivity contribution in [2.75, 3.05) is 13.7 Å². The lowest BCUT2D eigenvalue weighted by atomic mass is 10.1. The van der Waals surface area contributed by atoms with Crippen molar-refractivity contribution in [1.82, 2.24) is 0 Å². The zero-order valence-electron chi connectivity index (χ0n) is 6.88. The van der Waals surface area contributed by atoms with Gasteiger partial charge in [-0.2, -0.15) is 0 Å². The second-order valence-electron chi connectivity index (χ2n) is 2.63. The molecule has 0 aromatic heterocycles. The van der Waals surface area contributed by atoms with Gasteiger partial charge in [-0.05, 0) is 13.8 Å². The standard InChI is InChI=1S/C7H11NO3/c1-7(2,5-8-3)11-6(9)10-4/h5H2,1-2,4H3. The second-order valence-corrected chi connectivity index (χ2v) is 2.63. The first-order valence-electron chi connectivity index (χ1n) is 3.12. The van der Waals surface area contributed by atoms with E-state index in [2.05, 4.69) is 9.58 Å². The molecule has 4 nitrogen and oxygen atoms in total. The molecule has 62 valence electrons. The van der Waals surface area contributed by atoms with Gasteiger partial charge in [-0.15, -0.1) is 0 Å². The van der Waals surface area contributed by atoms with Crippen molar-refractivity contribution in [2.45, 2.75) is 19.4 Å². The Hall–Kier alpha value is -1.24. The molecule has 0 aliphatic carbocycles. The van der Waals surface area contributed by atoms with Crippen LogP contribution in [0.4, 0.5) is 4.79 Å². The molecule has 0 bridgehead atoms. The van der Waals surface area contributed by atoms with E-state index in [1.807, 2.05) is 0 Å². The SMILES string of the molecule is [C-]#[N+]CC(C)(C)OC(=O)OC. The molecule has 0 saturated heterocycles. The van der Waals surface area contributed by atoms with Gasteiger partial charge < -0.3 is 14.3 Å². The lowest BCUT2D eigenvalue weighted by Crippen LogP contribution is -2.30. The summed E-state index contributed by atoms with van der Waals surface area (Å²) in [4.78, 5) is 13.7. The van der Waals surface area contributed by atoms with Crippen molar-refractivity contribution in [3.8, 4) is 0 Å². The van der Waals surface area contributed by atoms with Crippen molar-refractivity contribution in [1.29, 1.82) is 0 Å². The number of hydrogen-bond acceptors (Lipinski definition) is 3. The lowest BCUT2D eigenvalue weighted by Gasteiger charge is -2.17. The van der Waals surface area contributed by atoms with E-state index in [1.165, 1.54) is 7.11 Å². The maximum Gasteiger partial charge on any atom is 0.508 e. The summed E-state index contributed by atoms with van der Waals surface area (Å²) >= 11 is 0. The maximum atomic E-state index is 10.6. The number of carbonyl (C=O) groups excluding carboxylic acids is 1. The number of rotatable bonds is 2. The molecule has 0 unspecified atom stereocenters. The van der Waals surface area contributed by atoms with Gasteiger partial charge >= 0.3 is 6.16 Å². The maximum absolute atomic E-state index is 10.6. The van der Waals surface area contributed by atoms with Crippen molar-refractivity contribution in [3.05, 3.63) is 11.4 Å². The molecule has 11 heavy (non-hydrogen) atoms. The molecule has 0 rings (SSSR count). The minimum Gasteiger partial charge on any atom is -0.438 e. The van der Waals surface area contributed by atoms with Crippen LogP contribution < -0.4 is 0 Å². The van der Waals surface area contributed by atoms with Gasteiger partial charge in [0, 0.05) is 0 Å². The average molecular weight is 157 g/mol. The fourth-order valence-corrected chi connectivity index (χ4v) is 0.490. The molecule has 0 aliphatic heterocycles. The summed E-state index contributed by atoms with van der Waals surface area (Å²) in [6.45, 7) is 10.0. The van der Waals surface area contributed by atoms with E-state index in [0.29, 0.717) is 0 Å². The molecule has 0 aliphatic rings. The summed E-state index contributed by atoms with van der Waals surface area (Å²) in [7, 11) is 1.23. The Labute approximate surface area is 65.9 Å². The Morgan fingerprint density at radius 3 is 2.55 bits per heavy atom. The molecule has 4 heteroatoms. The summed E-state index contributed by atoms with van der Waals surface area (Å²) < 4.78 is 9.02. The molecule has 0 aromatic carbocycles. The third-order valence-electron chi connectivity index (χ3n) is 0.986. The summed E-state index contributed by atoms with van der Waals surface area (Å²) in [6, 6.07) is 0. The number of methoxy groups -OCH3 is 1. The van der Waals surface area contributed by atoms with Crippen LogP contribution in [0.3, 0.4) is 0 Å². The Morgan fingerprint density at radius 2 is 2.18 bits per heavy atom. The highest BCUT2D eigenvalue weighted by atomic mass is 16.7. The van der Waals surface area contributed by atoms with Gasteiger partial charge in [0.05, 0.1) is 7.11 Å². The third kappa shape index (κ3) is 4.20. The van der Waals surface area contributed by atoms with E-state index in [4.69, 9.17) is 11.3 Å². The molecule has 0 spiro atoms. The molecule has 0 amide bonds. The van der Waals surface area contributed by atoms with E-state index in [0.717, 1.165) is 0 Å². The van der Waals surface area contributed by atoms with Crippen LogP contribution >= 0.6 is 0 Å². The normalized spacial score (nSPS) is 10.0. The minimum absolute atomic E-state index is 0.141. The second kappa shape index (κ2) is 3.81. The van der Waals surface area contributed by atoms with Crippen molar-refractivity contribution in [3.63, 3.8) is 0 Å². The predicted octanol–water partition coefficient (Wildman–Crippen LogP) is 1.47. The number of carbonyl (C=O) groups is 1. The first-order valence-corrected chi connectivity index (χ1v) is 3.12. The molecular formula is C7H11NO3. The number of nitrogens with zero attached hydrogens (tertiary/aromatic N) is 1. The van der Waals surface area contributed by atoms with Crippen LogP contribution in [0.5, 0.6) is 0 Å². The monoisotopic (exact) mass is 157 g/mol.